The van der Waals surface area contributed by atoms with Crippen LogP contribution in [0.25, 0.3) is 22.3 Å². The van der Waals surface area contributed by atoms with E-state index < -0.39 is 69.0 Å². The maximum atomic E-state index is 14.9. The molecule has 0 spiro atoms. The van der Waals surface area contributed by atoms with E-state index in [2.05, 4.69) is 0 Å². The minimum atomic E-state index is -1.30. The number of halogens is 6. The van der Waals surface area contributed by atoms with Crippen LogP contribution in [0.2, 0.25) is 0 Å². The predicted molar refractivity (Wildman–Crippen MR) is 115 cm³/mol. The lowest BCUT2D eigenvalue weighted by atomic mass is 9.96. The first-order valence-electron chi connectivity index (χ1n) is 10.8. The van der Waals surface area contributed by atoms with Gasteiger partial charge in [-0.15, -0.1) is 0 Å². The summed E-state index contributed by atoms with van der Waals surface area (Å²) < 4.78 is 98.5. The van der Waals surface area contributed by atoms with Crippen LogP contribution in [-0.4, -0.2) is 13.2 Å². The molecule has 0 saturated carbocycles. The molecule has 1 fully saturated rings. The molecule has 3 aromatic carbocycles. The van der Waals surface area contributed by atoms with Gasteiger partial charge in [0, 0.05) is 11.5 Å². The number of nitriles is 1. The standard InChI is InChI=1S/C26H19F6NO2/c1-2-3-13-11-34-26(35-12-13)16-8-22(31)25(23(32)9-16)15-6-20(29)24(21(30)7-15)14-4-18(27)17(10-33)19(28)5-14/h4-9,13,26H,2-3,11-12H2,1H3. The second-order valence-electron chi connectivity index (χ2n) is 8.25. The molecule has 0 amide bonds. The molecule has 1 aliphatic heterocycles. The van der Waals surface area contributed by atoms with Crippen LogP contribution in [0, 0.1) is 52.2 Å². The number of rotatable bonds is 5. The molecule has 3 nitrogen and oxygen atoms in total. The molecule has 182 valence electrons. The first-order valence-corrected chi connectivity index (χ1v) is 10.8. The Morgan fingerprint density at radius 1 is 0.743 bits per heavy atom. The fraction of sp³-hybridized carbons (Fsp3) is 0.269. The van der Waals surface area contributed by atoms with E-state index in [1.54, 1.807) is 0 Å². The second-order valence-corrected chi connectivity index (χ2v) is 8.25. The zero-order valence-electron chi connectivity index (χ0n) is 18.5. The largest absolute Gasteiger partial charge is 0.348 e. The van der Waals surface area contributed by atoms with Crippen molar-refractivity contribution in [2.24, 2.45) is 5.92 Å². The summed E-state index contributed by atoms with van der Waals surface area (Å²) in [7, 11) is 0. The monoisotopic (exact) mass is 491 g/mol. The van der Waals surface area contributed by atoms with Crippen molar-refractivity contribution in [3.63, 3.8) is 0 Å². The molecular weight excluding hydrogens is 472 g/mol. The van der Waals surface area contributed by atoms with Crippen molar-refractivity contribution in [3.05, 3.63) is 82.4 Å². The van der Waals surface area contributed by atoms with Crippen molar-refractivity contribution in [1.82, 2.24) is 0 Å². The quantitative estimate of drug-likeness (QED) is 0.355. The summed E-state index contributed by atoms with van der Waals surface area (Å²) in [4.78, 5) is 0. The van der Waals surface area contributed by atoms with Gasteiger partial charge in [-0.3, -0.25) is 0 Å². The van der Waals surface area contributed by atoms with E-state index in [0.29, 0.717) is 37.5 Å². The highest BCUT2D eigenvalue weighted by atomic mass is 19.2. The third-order valence-electron chi connectivity index (χ3n) is 5.77. The van der Waals surface area contributed by atoms with Crippen molar-refractivity contribution in [1.29, 1.82) is 5.26 Å². The zero-order valence-corrected chi connectivity index (χ0v) is 18.5. The van der Waals surface area contributed by atoms with Crippen LogP contribution in [0.4, 0.5) is 26.3 Å². The van der Waals surface area contributed by atoms with E-state index >= 15 is 0 Å². The maximum absolute atomic E-state index is 14.9. The van der Waals surface area contributed by atoms with Crippen LogP contribution < -0.4 is 0 Å². The highest BCUT2D eigenvalue weighted by Gasteiger charge is 2.26. The molecular formula is C26H19F6NO2. The number of ether oxygens (including phenoxy) is 2. The van der Waals surface area contributed by atoms with Crippen LogP contribution in [-0.2, 0) is 9.47 Å². The molecule has 0 radical (unpaired) electrons. The van der Waals surface area contributed by atoms with Gasteiger partial charge in [0.15, 0.2) is 6.29 Å². The Labute approximate surface area is 197 Å². The maximum Gasteiger partial charge on any atom is 0.184 e. The number of hydrogen-bond donors (Lipinski definition) is 0. The van der Waals surface area contributed by atoms with Gasteiger partial charge in [0.25, 0.3) is 0 Å². The number of hydrogen-bond acceptors (Lipinski definition) is 3. The summed E-state index contributed by atoms with van der Waals surface area (Å²) in [5.41, 5.74) is -3.27. The Kier molecular flexibility index (Phi) is 7.15. The third-order valence-corrected chi connectivity index (χ3v) is 5.77. The summed E-state index contributed by atoms with van der Waals surface area (Å²) in [6.07, 6.45) is 0.864. The second kappa shape index (κ2) is 10.1. The predicted octanol–water partition coefficient (Wildman–Crippen LogP) is 7.19. The van der Waals surface area contributed by atoms with Gasteiger partial charge in [-0.1, -0.05) is 13.3 Å². The van der Waals surface area contributed by atoms with Crippen molar-refractivity contribution < 1.29 is 35.8 Å². The lowest BCUT2D eigenvalue weighted by molar-refractivity contribution is -0.206. The highest BCUT2D eigenvalue weighted by Crippen LogP contribution is 2.36. The van der Waals surface area contributed by atoms with E-state index in [1.807, 2.05) is 6.92 Å². The molecule has 0 N–H and O–H groups in total. The lowest BCUT2D eigenvalue weighted by Gasteiger charge is -2.29. The van der Waals surface area contributed by atoms with E-state index in [-0.39, 0.29) is 11.5 Å². The summed E-state index contributed by atoms with van der Waals surface area (Å²) in [6.45, 7) is 2.77. The van der Waals surface area contributed by atoms with Crippen molar-refractivity contribution in [2.75, 3.05) is 13.2 Å². The van der Waals surface area contributed by atoms with Gasteiger partial charge in [0.1, 0.15) is 46.5 Å². The molecule has 0 bridgehead atoms. The average Bonchev–Trinajstić information content (AvgIpc) is 2.79. The molecule has 9 heteroatoms. The molecule has 1 aliphatic rings. The summed E-state index contributed by atoms with van der Waals surface area (Å²) in [5, 5.41) is 8.76. The Hall–Kier alpha value is -3.35. The fourth-order valence-electron chi connectivity index (χ4n) is 4.13. The first-order chi connectivity index (χ1) is 16.7. The van der Waals surface area contributed by atoms with E-state index in [9.17, 15) is 26.3 Å². The van der Waals surface area contributed by atoms with Gasteiger partial charge < -0.3 is 9.47 Å². The van der Waals surface area contributed by atoms with Gasteiger partial charge in [-0.25, -0.2) is 26.3 Å². The van der Waals surface area contributed by atoms with Crippen LogP contribution >= 0.6 is 0 Å². The average molecular weight is 491 g/mol. The van der Waals surface area contributed by atoms with Crippen LogP contribution in [0.1, 0.15) is 37.2 Å². The van der Waals surface area contributed by atoms with Gasteiger partial charge in [-0.05, 0) is 53.9 Å². The van der Waals surface area contributed by atoms with Crippen molar-refractivity contribution in [2.45, 2.75) is 26.1 Å². The van der Waals surface area contributed by atoms with Crippen LogP contribution in [0.3, 0.4) is 0 Å². The molecule has 0 aliphatic carbocycles. The number of nitrogens with zero attached hydrogens (tertiary/aromatic N) is 1. The van der Waals surface area contributed by atoms with Crippen molar-refractivity contribution >= 4 is 0 Å². The summed E-state index contributed by atoms with van der Waals surface area (Å²) >= 11 is 0. The molecule has 1 saturated heterocycles. The molecule has 1 heterocycles. The molecule has 0 unspecified atom stereocenters. The minimum Gasteiger partial charge on any atom is -0.348 e. The molecule has 0 atom stereocenters. The zero-order chi connectivity index (χ0) is 25.3. The van der Waals surface area contributed by atoms with Gasteiger partial charge in [0.2, 0.25) is 0 Å². The lowest BCUT2D eigenvalue weighted by Crippen LogP contribution is -2.27. The van der Waals surface area contributed by atoms with Gasteiger partial charge >= 0.3 is 0 Å². The van der Waals surface area contributed by atoms with Gasteiger partial charge in [0.05, 0.1) is 24.3 Å². The van der Waals surface area contributed by atoms with E-state index in [0.717, 1.165) is 25.0 Å². The molecule has 0 aromatic heterocycles. The van der Waals surface area contributed by atoms with Crippen LogP contribution in [0.5, 0.6) is 0 Å². The SMILES string of the molecule is CCCC1COC(c2cc(F)c(-c3cc(F)c(-c4cc(F)c(C#N)c(F)c4)c(F)c3)c(F)c2)OC1. The smallest absolute Gasteiger partial charge is 0.184 e. The number of benzene rings is 3. The minimum absolute atomic E-state index is 0.0831. The van der Waals surface area contributed by atoms with E-state index in [4.69, 9.17) is 14.7 Å². The Morgan fingerprint density at radius 2 is 1.17 bits per heavy atom. The highest BCUT2D eigenvalue weighted by molar-refractivity contribution is 5.73. The summed E-state index contributed by atoms with van der Waals surface area (Å²) in [5.74, 6) is -7.19. The van der Waals surface area contributed by atoms with E-state index in [1.165, 1.54) is 6.07 Å². The molecule has 4 rings (SSSR count). The molecule has 3 aromatic rings. The molecule has 35 heavy (non-hydrogen) atoms. The Morgan fingerprint density at radius 3 is 1.60 bits per heavy atom. The Bertz CT molecular complexity index is 1240. The van der Waals surface area contributed by atoms with Crippen molar-refractivity contribution in [3.8, 4) is 28.3 Å². The normalized spacial score (nSPS) is 17.9. The van der Waals surface area contributed by atoms with Gasteiger partial charge in [-0.2, -0.15) is 5.26 Å². The summed E-state index contributed by atoms with van der Waals surface area (Å²) in [6, 6.07) is 5.79. The Balaban J connectivity index is 1.67. The first kappa shape index (κ1) is 24.8. The third kappa shape index (κ3) is 4.90. The van der Waals surface area contributed by atoms with Crippen LogP contribution in [0.15, 0.2) is 36.4 Å². The fourth-order valence-corrected chi connectivity index (χ4v) is 4.13. The topological polar surface area (TPSA) is 42.2 Å².